The van der Waals surface area contributed by atoms with Crippen molar-refractivity contribution in [3.8, 4) is 0 Å². The maximum absolute atomic E-state index is 12.7. The molecule has 114 valence electrons. The van der Waals surface area contributed by atoms with Gasteiger partial charge in [-0.15, -0.1) is 0 Å². The van der Waals surface area contributed by atoms with Crippen LogP contribution in [0.2, 0.25) is 0 Å². The Hall–Kier alpha value is -0.290. The Bertz CT molecular complexity index is 314. The van der Waals surface area contributed by atoms with E-state index in [1.165, 1.54) is 0 Å². The van der Waals surface area contributed by atoms with Crippen molar-refractivity contribution in [2.24, 2.45) is 0 Å². The molecule has 0 aromatic carbocycles. The van der Waals surface area contributed by atoms with Gasteiger partial charge in [-0.1, -0.05) is 29.5 Å². The maximum Gasteiger partial charge on any atom is 0.460 e. The Labute approximate surface area is 117 Å². The molecule has 0 heterocycles. The highest BCUT2D eigenvalue weighted by Crippen LogP contribution is 2.46. The number of esters is 1. The molecule has 0 rings (SSSR count). The summed E-state index contributed by atoms with van der Waals surface area (Å²) in [6.45, 7) is 1.12. The van der Waals surface area contributed by atoms with E-state index in [2.05, 4.69) is 4.74 Å². The first-order valence-corrected chi connectivity index (χ1v) is 6.22. The topological polar surface area (TPSA) is 26.3 Å². The lowest BCUT2D eigenvalue weighted by Crippen LogP contribution is -2.56. The predicted octanol–water partition coefficient (Wildman–Crippen LogP) is 3.97. The molecular formula is C9H10F7IO2. The fraction of sp³-hybridized carbons (Fsp3) is 0.889. The molecule has 0 aromatic rings. The van der Waals surface area contributed by atoms with Crippen LogP contribution in [0.25, 0.3) is 0 Å². The Kier molecular flexibility index (Phi) is 6.34. The van der Waals surface area contributed by atoms with Crippen LogP contribution in [0.5, 0.6) is 0 Å². The van der Waals surface area contributed by atoms with Gasteiger partial charge in [-0.25, -0.2) is 4.79 Å². The third-order valence-electron chi connectivity index (χ3n) is 1.99. The molecule has 2 nitrogen and oxygen atoms in total. The lowest BCUT2D eigenvalue weighted by Gasteiger charge is -2.26. The van der Waals surface area contributed by atoms with Crippen LogP contribution < -0.4 is 0 Å². The van der Waals surface area contributed by atoms with E-state index in [4.69, 9.17) is 0 Å². The number of ether oxygens (including phenoxy) is 1. The Morgan fingerprint density at radius 1 is 1.16 bits per heavy atom. The van der Waals surface area contributed by atoms with Gasteiger partial charge in [0.25, 0.3) is 0 Å². The number of carbonyl (C=O) groups is 1. The van der Waals surface area contributed by atoms with Gasteiger partial charge in [0.1, 0.15) is 0 Å². The number of hydrogen-bond acceptors (Lipinski definition) is 2. The van der Waals surface area contributed by atoms with Gasteiger partial charge >= 0.3 is 24.0 Å². The molecule has 0 saturated heterocycles. The second-order valence-corrected chi connectivity index (χ2v) is 5.83. The number of alkyl halides is 8. The van der Waals surface area contributed by atoms with E-state index in [9.17, 15) is 35.5 Å². The molecule has 0 amide bonds. The van der Waals surface area contributed by atoms with Gasteiger partial charge < -0.3 is 4.74 Å². The first-order valence-electron chi connectivity index (χ1n) is 4.97. The molecule has 19 heavy (non-hydrogen) atoms. The average molecular weight is 410 g/mol. The molecule has 0 saturated carbocycles. The third kappa shape index (κ3) is 4.63. The SMILES string of the molecule is CC(I)CCCOC(=O)C(F)(F)C(F)(F)C(F)(F)F. The van der Waals surface area contributed by atoms with Crippen molar-refractivity contribution in [1.29, 1.82) is 0 Å². The van der Waals surface area contributed by atoms with Crippen molar-refractivity contribution in [3.63, 3.8) is 0 Å². The first kappa shape index (κ1) is 18.7. The summed E-state index contributed by atoms with van der Waals surface area (Å²) in [5.74, 6) is -15.3. The van der Waals surface area contributed by atoms with Crippen molar-refractivity contribution in [2.75, 3.05) is 6.61 Å². The van der Waals surface area contributed by atoms with Gasteiger partial charge in [-0.05, 0) is 12.8 Å². The summed E-state index contributed by atoms with van der Waals surface area (Å²) in [6.07, 6.45) is -6.01. The van der Waals surface area contributed by atoms with Crippen molar-refractivity contribution >= 4 is 28.6 Å². The van der Waals surface area contributed by atoms with Gasteiger partial charge in [0.05, 0.1) is 6.61 Å². The maximum atomic E-state index is 12.7. The molecule has 1 atom stereocenters. The van der Waals surface area contributed by atoms with E-state index in [1.807, 2.05) is 22.6 Å². The van der Waals surface area contributed by atoms with Crippen LogP contribution in [-0.4, -0.2) is 34.5 Å². The molecule has 0 fully saturated rings. The summed E-state index contributed by atoms with van der Waals surface area (Å²) in [5, 5.41) is 0. The summed E-state index contributed by atoms with van der Waals surface area (Å²) < 4.78 is 89.4. The van der Waals surface area contributed by atoms with Gasteiger partial charge in [0, 0.05) is 3.92 Å². The predicted molar refractivity (Wildman–Crippen MR) is 59.6 cm³/mol. The van der Waals surface area contributed by atoms with Crippen LogP contribution >= 0.6 is 22.6 Å². The highest BCUT2D eigenvalue weighted by atomic mass is 127. The highest BCUT2D eigenvalue weighted by molar-refractivity contribution is 14.1. The standard InChI is InChI=1S/C9H10F7IO2/c1-5(17)3-2-4-19-6(18)7(10,11)8(12,13)9(14,15)16/h5H,2-4H2,1H3. The molecule has 0 bridgehead atoms. The minimum absolute atomic E-state index is 0.0868. The molecule has 10 heteroatoms. The highest BCUT2D eigenvalue weighted by Gasteiger charge is 2.77. The summed E-state index contributed by atoms with van der Waals surface area (Å²) in [6, 6.07) is 0. The minimum atomic E-state index is -6.54. The average Bonchev–Trinajstić information content (AvgIpc) is 2.21. The van der Waals surface area contributed by atoms with Gasteiger partial charge in [-0.3, -0.25) is 0 Å². The van der Waals surface area contributed by atoms with Crippen molar-refractivity contribution in [1.82, 2.24) is 0 Å². The second kappa shape index (κ2) is 6.44. The zero-order valence-corrected chi connectivity index (χ0v) is 11.7. The number of halogens is 8. The fourth-order valence-electron chi connectivity index (χ4n) is 0.926. The lowest BCUT2D eigenvalue weighted by atomic mass is 10.1. The van der Waals surface area contributed by atoms with Crippen LogP contribution in [0.1, 0.15) is 19.8 Å². The van der Waals surface area contributed by atoms with Crippen molar-refractivity contribution < 1.29 is 40.3 Å². The number of carbonyl (C=O) groups excluding carboxylic acids is 1. The van der Waals surface area contributed by atoms with Crippen LogP contribution in [0.15, 0.2) is 0 Å². The van der Waals surface area contributed by atoms with E-state index < -0.39 is 30.6 Å². The lowest BCUT2D eigenvalue weighted by molar-refractivity contribution is -0.348. The van der Waals surface area contributed by atoms with E-state index >= 15 is 0 Å². The second-order valence-electron chi connectivity index (χ2n) is 3.71. The van der Waals surface area contributed by atoms with Crippen molar-refractivity contribution in [2.45, 2.75) is 41.7 Å². The molecule has 0 aliphatic carbocycles. The quantitative estimate of drug-likeness (QED) is 0.218. The Morgan fingerprint density at radius 3 is 2.00 bits per heavy atom. The van der Waals surface area contributed by atoms with E-state index in [-0.39, 0.29) is 10.3 Å². The van der Waals surface area contributed by atoms with E-state index in [0.29, 0.717) is 6.42 Å². The van der Waals surface area contributed by atoms with E-state index in [0.717, 1.165) is 0 Å². The number of hydrogen-bond donors (Lipinski definition) is 0. The molecule has 1 unspecified atom stereocenters. The van der Waals surface area contributed by atoms with Crippen LogP contribution in [0.4, 0.5) is 30.7 Å². The van der Waals surface area contributed by atoms with E-state index in [1.54, 1.807) is 6.92 Å². The molecule has 0 aromatic heterocycles. The van der Waals surface area contributed by atoms with Gasteiger partial charge in [-0.2, -0.15) is 30.7 Å². The molecular weight excluding hydrogens is 400 g/mol. The fourth-order valence-corrected chi connectivity index (χ4v) is 1.37. The van der Waals surface area contributed by atoms with Crippen molar-refractivity contribution in [3.05, 3.63) is 0 Å². The summed E-state index contributed by atoms with van der Waals surface area (Å²) in [4.78, 5) is 10.6. The van der Waals surface area contributed by atoms with Crippen LogP contribution in [0, 0.1) is 0 Å². The monoisotopic (exact) mass is 410 g/mol. The Balaban J connectivity index is 4.61. The molecule has 0 aliphatic heterocycles. The molecule has 0 spiro atoms. The van der Waals surface area contributed by atoms with Crippen LogP contribution in [-0.2, 0) is 9.53 Å². The van der Waals surface area contributed by atoms with Gasteiger partial charge in [0.2, 0.25) is 0 Å². The largest absolute Gasteiger partial charge is 0.461 e. The minimum Gasteiger partial charge on any atom is -0.461 e. The van der Waals surface area contributed by atoms with Gasteiger partial charge in [0.15, 0.2) is 0 Å². The normalized spacial score (nSPS) is 15.2. The third-order valence-corrected chi connectivity index (χ3v) is 2.61. The molecule has 0 N–H and O–H groups in total. The summed E-state index contributed by atoms with van der Waals surface area (Å²) in [5.41, 5.74) is 0. The Morgan fingerprint density at radius 2 is 1.63 bits per heavy atom. The smallest absolute Gasteiger partial charge is 0.460 e. The molecule has 0 radical (unpaired) electrons. The zero-order chi connectivity index (χ0) is 15.5. The number of rotatable bonds is 6. The summed E-state index contributed by atoms with van der Waals surface area (Å²) >= 11 is 1.98. The molecule has 0 aliphatic rings. The van der Waals surface area contributed by atoms with Crippen LogP contribution in [0.3, 0.4) is 0 Å². The summed E-state index contributed by atoms with van der Waals surface area (Å²) in [7, 11) is 0. The zero-order valence-electron chi connectivity index (χ0n) is 9.54. The first-order chi connectivity index (χ1) is 8.34.